The molecule has 0 fully saturated rings. The molecule has 18 heavy (non-hydrogen) atoms. The third-order valence-electron chi connectivity index (χ3n) is 2.68. The molecule has 1 aliphatic heterocycles. The molecule has 0 radical (unpaired) electrons. The predicted octanol–water partition coefficient (Wildman–Crippen LogP) is 1.05. The van der Waals surface area contributed by atoms with Crippen LogP contribution >= 0.6 is 0 Å². The highest BCUT2D eigenvalue weighted by Gasteiger charge is 2.32. The van der Waals surface area contributed by atoms with E-state index in [4.69, 9.17) is 0 Å². The first kappa shape index (κ1) is 12.1. The standard InChI is InChI=1S/C12H13N3O3/c1-3-13-12(18)14-7-4-5-8-9(6-7)11(17)15(2)10(8)16/h4-6H,3H2,1-2H3,(H2,13,14,18). The number of carbonyl (C=O) groups excluding carboxylic acids is 3. The number of benzene rings is 1. The second-order valence-electron chi connectivity index (χ2n) is 3.91. The molecule has 0 atom stereocenters. The van der Waals surface area contributed by atoms with E-state index in [1.807, 2.05) is 0 Å². The first-order chi connectivity index (χ1) is 8.54. The number of amides is 4. The Labute approximate surface area is 104 Å². The highest BCUT2D eigenvalue weighted by atomic mass is 16.2. The van der Waals surface area contributed by atoms with Gasteiger partial charge in [0.15, 0.2) is 0 Å². The molecule has 4 amide bonds. The zero-order chi connectivity index (χ0) is 13.3. The Hall–Kier alpha value is -2.37. The molecule has 6 nitrogen and oxygen atoms in total. The van der Waals surface area contributed by atoms with Crippen LogP contribution in [0, 0.1) is 0 Å². The summed E-state index contributed by atoms with van der Waals surface area (Å²) in [7, 11) is 1.43. The Balaban J connectivity index is 2.27. The number of imide groups is 1. The van der Waals surface area contributed by atoms with Gasteiger partial charge < -0.3 is 10.6 Å². The number of rotatable bonds is 2. The molecule has 0 aromatic heterocycles. The molecular formula is C12H13N3O3. The van der Waals surface area contributed by atoms with Crippen LogP contribution < -0.4 is 10.6 Å². The fraction of sp³-hybridized carbons (Fsp3) is 0.250. The van der Waals surface area contributed by atoms with Crippen LogP contribution in [0.5, 0.6) is 0 Å². The van der Waals surface area contributed by atoms with Crippen molar-refractivity contribution in [2.24, 2.45) is 0 Å². The van der Waals surface area contributed by atoms with Crippen molar-refractivity contribution in [3.05, 3.63) is 29.3 Å². The van der Waals surface area contributed by atoms with Crippen LogP contribution in [0.2, 0.25) is 0 Å². The van der Waals surface area contributed by atoms with E-state index in [9.17, 15) is 14.4 Å². The number of anilines is 1. The molecule has 0 saturated heterocycles. The van der Waals surface area contributed by atoms with Gasteiger partial charge in [-0.25, -0.2) is 4.79 Å². The summed E-state index contributed by atoms with van der Waals surface area (Å²) in [5, 5.41) is 5.17. The summed E-state index contributed by atoms with van der Waals surface area (Å²) < 4.78 is 0. The molecule has 6 heteroatoms. The summed E-state index contributed by atoms with van der Waals surface area (Å²) in [6.45, 7) is 2.32. The molecule has 2 N–H and O–H groups in total. The molecular weight excluding hydrogens is 234 g/mol. The van der Waals surface area contributed by atoms with Crippen molar-refractivity contribution in [1.82, 2.24) is 10.2 Å². The summed E-state index contributed by atoms with van der Waals surface area (Å²) in [6.07, 6.45) is 0. The number of carbonyl (C=O) groups is 3. The van der Waals surface area contributed by atoms with Crippen LogP contribution in [0.3, 0.4) is 0 Å². The maximum Gasteiger partial charge on any atom is 0.319 e. The number of hydrogen-bond acceptors (Lipinski definition) is 3. The van der Waals surface area contributed by atoms with Gasteiger partial charge in [-0.2, -0.15) is 0 Å². The van der Waals surface area contributed by atoms with Gasteiger partial charge in [-0.05, 0) is 25.1 Å². The van der Waals surface area contributed by atoms with Crippen LogP contribution in [0.25, 0.3) is 0 Å². The van der Waals surface area contributed by atoms with Crippen molar-refractivity contribution >= 4 is 23.5 Å². The van der Waals surface area contributed by atoms with Gasteiger partial charge in [0, 0.05) is 19.3 Å². The lowest BCUT2D eigenvalue weighted by molar-refractivity contribution is 0.0693. The van der Waals surface area contributed by atoms with Gasteiger partial charge in [-0.3, -0.25) is 14.5 Å². The predicted molar refractivity (Wildman–Crippen MR) is 65.6 cm³/mol. The highest BCUT2D eigenvalue weighted by Crippen LogP contribution is 2.24. The van der Waals surface area contributed by atoms with Crippen LogP contribution in [0.1, 0.15) is 27.6 Å². The van der Waals surface area contributed by atoms with Gasteiger partial charge in [-0.1, -0.05) is 0 Å². The third kappa shape index (κ3) is 1.92. The van der Waals surface area contributed by atoms with Crippen molar-refractivity contribution in [1.29, 1.82) is 0 Å². The van der Waals surface area contributed by atoms with Gasteiger partial charge >= 0.3 is 6.03 Å². The fourth-order valence-corrected chi connectivity index (χ4v) is 1.77. The van der Waals surface area contributed by atoms with E-state index >= 15 is 0 Å². The lowest BCUT2D eigenvalue weighted by Gasteiger charge is -2.06. The van der Waals surface area contributed by atoms with Gasteiger partial charge in [0.1, 0.15) is 0 Å². The van der Waals surface area contributed by atoms with Crippen LogP contribution in [0.4, 0.5) is 10.5 Å². The first-order valence-electron chi connectivity index (χ1n) is 5.56. The fourth-order valence-electron chi connectivity index (χ4n) is 1.77. The SMILES string of the molecule is CCNC(=O)Nc1ccc2c(c1)C(=O)N(C)C2=O. The maximum absolute atomic E-state index is 11.7. The molecule has 0 unspecified atom stereocenters. The van der Waals surface area contributed by atoms with Crippen molar-refractivity contribution in [2.75, 3.05) is 18.9 Å². The van der Waals surface area contributed by atoms with Crippen molar-refractivity contribution < 1.29 is 14.4 Å². The van der Waals surface area contributed by atoms with Crippen LogP contribution in [-0.4, -0.2) is 36.3 Å². The monoisotopic (exact) mass is 247 g/mol. The van der Waals surface area contributed by atoms with Gasteiger partial charge in [0.05, 0.1) is 11.1 Å². The molecule has 0 saturated carbocycles. The van der Waals surface area contributed by atoms with E-state index in [1.165, 1.54) is 13.1 Å². The Morgan fingerprint density at radius 2 is 1.89 bits per heavy atom. The quantitative estimate of drug-likeness (QED) is 0.767. The van der Waals surface area contributed by atoms with E-state index < -0.39 is 0 Å². The highest BCUT2D eigenvalue weighted by molar-refractivity contribution is 6.21. The Kier molecular flexibility index (Phi) is 3.01. The van der Waals surface area contributed by atoms with Gasteiger partial charge in [0.25, 0.3) is 11.8 Å². The van der Waals surface area contributed by atoms with Crippen LogP contribution in [0.15, 0.2) is 18.2 Å². The number of fused-ring (bicyclic) bond motifs is 1. The second kappa shape index (κ2) is 4.48. The smallest absolute Gasteiger partial charge is 0.319 e. The van der Waals surface area contributed by atoms with Crippen LogP contribution in [-0.2, 0) is 0 Å². The van der Waals surface area contributed by atoms with Gasteiger partial charge in [0.2, 0.25) is 0 Å². The Bertz CT molecular complexity index is 539. The Morgan fingerprint density at radius 3 is 2.56 bits per heavy atom. The normalized spacial score (nSPS) is 13.6. The zero-order valence-corrected chi connectivity index (χ0v) is 10.1. The lowest BCUT2D eigenvalue weighted by Crippen LogP contribution is -2.28. The van der Waals surface area contributed by atoms with Crippen molar-refractivity contribution in [3.63, 3.8) is 0 Å². The van der Waals surface area contributed by atoms with Gasteiger partial charge in [-0.15, -0.1) is 0 Å². The molecule has 0 bridgehead atoms. The third-order valence-corrected chi connectivity index (χ3v) is 2.68. The number of nitrogens with one attached hydrogen (secondary N) is 2. The molecule has 0 aliphatic carbocycles. The minimum Gasteiger partial charge on any atom is -0.338 e. The average molecular weight is 247 g/mol. The second-order valence-corrected chi connectivity index (χ2v) is 3.91. The summed E-state index contributed by atoms with van der Waals surface area (Å²) >= 11 is 0. The molecule has 1 aromatic carbocycles. The van der Waals surface area contributed by atoms with E-state index in [2.05, 4.69) is 10.6 Å². The van der Waals surface area contributed by atoms with Crippen molar-refractivity contribution in [2.45, 2.75) is 6.92 Å². The lowest BCUT2D eigenvalue weighted by atomic mass is 10.1. The van der Waals surface area contributed by atoms with E-state index in [0.717, 1.165) is 4.90 Å². The van der Waals surface area contributed by atoms with E-state index in [0.29, 0.717) is 23.4 Å². The van der Waals surface area contributed by atoms with E-state index in [1.54, 1.807) is 19.1 Å². The molecule has 94 valence electrons. The summed E-state index contributed by atoms with van der Waals surface area (Å²) in [5.74, 6) is -0.672. The van der Waals surface area contributed by atoms with Crippen molar-refractivity contribution in [3.8, 4) is 0 Å². The van der Waals surface area contributed by atoms with E-state index in [-0.39, 0.29) is 17.8 Å². The maximum atomic E-state index is 11.7. The Morgan fingerprint density at radius 1 is 1.22 bits per heavy atom. The minimum atomic E-state index is -0.352. The average Bonchev–Trinajstić information content (AvgIpc) is 2.55. The molecule has 1 aromatic rings. The number of hydrogen-bond donors (Lipinski definition) is 2. The minimum absolute atomic E-state index is 0.316. The first-order valence-corrected chi connectivity index (χ1v) is 5.56. The number of urea groups is 1. The molecule has 0 spiro atoms. The summed E-state index contributed by atoms with van der Waals surface area (Å²) in [6, 6.07) is 4.30. The summed E-state index contributed by atoms with van der Waals surface area (Å²) in [4.78, 5) is 35.8. The molecule has 1 aliphatic rings. The molecule has 1 heterocycles. The largest absolute Gasteiger partial charge is 0.338 e. The summed E-state index contributed by atoms with van der Waals surface area (Å²) in [5.41, 5.74) is 1.16. The molecule has 2 rings (SSSR count). The topological polar surface area (TPSA) is 78.5 Å². The number of nitrogens with zero attached hydrogens (tertiary/aromatic N) is 1. The zero-order valence-electron chi connectivity index (χ0n) is 10.1.